The van der Waals surface area contributed by atoms with Gasteiger partial charge in [0.1, 0.15) is 5.75 Å². The summed E-state index contributed by atoms with van der Waals surface area (Å²) in [6.07, 6.45) is 0. The lowest BCUT2D eigenvalue weighted by atomic mass is 9.92. The molecular weight excluding hydrogens is 248 g/mol. The largest absolute Gasteiger partial charge is 0.493 e. The molecular formula is C17H16N2O. The van der Waals surface area contributed by atoms with Crippen molar-refractivity contribution in [1.82, 2.24) is 0 Å². The summed E-state index contributed by atoms with van der Waals surface area (Å²) in [6, 6.07) is 18.1. The first-order valence-electron chi connectivity index (χ1n) is 6.76. The number of ether oxygens (including phenoxy) is 1. The van der Waals surface area contributed by atoms with E-state index in [1.54, 1.807) is 0 Å². The smallest absolute Gasteiger partial charge is 0.124 e. The first kappa shape index (κ1) is 12.6. The van der Waals surface area contributed by atoms with Crippen LogP contribution in [0.3, 0.4) is 0 Å². The van der Waals surface area contributed by atoms with Gasteiger partial charge in [0, 0.05) is 17.2 Å². The van der Waals surface area contributed by atoms with Crippen LogP contribution in [0.5, 0.6) is 5.75 Å². The van der Waals surface area contributed by atoms with E-state index in [9.17, 15) is 0 Å². The Kier molecular flexibility index (Phi) is 3.30. The van der Waals surface area contributed by atoms with Gasteiger partial charge in [0.15, 0.2) is 0 Å². The van der Waals surface area contributed by atoms with Crippen molar-refractivity contribution in [2.75, 3.05) is 11.9 Å². The van der Waals surface area contributed by atoms with E-state index in [0.717, 1.165) is 11.4 Å². The third kappa shape index (κ3) is 2.33. The predicted molar refractivity (Wildman–Crippen MR) is 78.6 cm³/mol. The molecule has 1 aliphatic heterocycles. The van der Waals surface area contributed by atoms with Gasteiger partial charge in [0.05, 0.1) is 24.3 Å². The van der Waals surface area contributed by atoms with Crippen molar-refractivity contribution in [3.8, 4) is 11.8 Å². The lowest BCUT2D eigenvalue weighted by Gasteiger charge is -2.32. The Labute approximate surface area is 118 Å². The Bertz CT molecular complexity index is 643. The molecule has 20 heavy (non-hydrogen) atoms. The first-order valence-corrected chi connectivity index (χ1v) is 6.76. The Morgan fingerprint density at radius 1 is 1.15 bits per heavy atom. The predicted octanol–water partition coefficient (Wildman–Crippen LogP) is 3.74. The molecule has 100 valence electrons. The molecule has 0 aromatic heterocycles. The van der Waals surface area contributed by atoms with Crippen LogP contribution in [0.25, 0.3) is 0 Å². The summed E-state index contributed by atoms with van der Waals surface area (Å²) >= 11 is 0. The maximum Gasteiger partial charge on any atom is 0.124 e. The standard InChI is InChI=1S/C17H16N2O/c1-12-11-20-16-5-3-2-4-15(16)17(12)19-14-8-6-13(10-18)7-9-14/h2-9,12,17,19H,11H2,1H3. The molecule has 0 saturated heterocycles. The van der Waals surface area contributed by atoms with Gasteiger partial charge in [-0.3, -0.25) is 0 Å². The summed E-state index contributed by atoms with van der Waals surface area (Å²) < 4.78 is 5.76. The van der Waals surface area contributed by atoms with Crippen LogP contribution < -0.4 is 10.1 Å². The third-order valence-corrected chi connectivity index (χ3v) is 3.66. The second-order valence-corrected chi connectivity index (χ2v) is 5.14. The fourth-order valence-corrected chi connectivity index (χ4v) is 2.53. The molecule has 2 aromatic carbocycles. The number of benzene rings is 2. The van der Waals surface area contributed by atoms with E-state index in [1.807, 2.05) is 42.5 Å². The minimum atomic E-state index is 0.230. The van der Waals surface area contributed by atoms with Crippen molar-refractivity contribution in [3.63, 3.8) is 0 Å². The number of rotatable bonds is 2. The van der Waals surface area contributed by atoms with Crippen LogP contribution in [0.4, 0.5) is 5.69 Å². The van der Waals surface area contributed by atoms with Crippen molar-refractivity contribution < 1.29 is 4.74 Å². The number of nitriles is 1. The second kappa shape index (κ2) is 5.26. The quantitative estimate of drug-likeness (QED) is 0.898. The summed E-state index contributed by atoms with van der Waals surface area (Å²) in [7, 11) is 0. The molecule has 0 radical (unpaired) electrons. The fraction of sp³-hybridized carbons (Fsp3) is 0.235. The molecule has 0 saturated carbocycles. The highest BCUT2D eigenvalue weighted by Gasteiger charge is 2.27. The zero-order valence-electron chi connectivity index (χ0n) is 11.3. The van der Waals surface area contributed by atoms with Gasteiger partial charge in [0.2, 0.25) is 0 Å². The van der Waals surface area contributed by atoms with Crippen molar-refractivity contribution >= 4 is 5.69 Å². The number of hydrogen-bond acceptors (Lipinski definition) is 3. The molecule has 1 heterocycles. The number of hydrogen-bond donors (Lipinski definition) is 1. The van der Waals surface area contributed by atoms with Crippen molar-refractivity contribution in [1.29, 1.82) is 5.26 Å². The third-order valence-electron chi connectivity index (χ3n) is 3.66. The monoisotopic (exact) mass is 264 g/mol. The van der Waals surface area contributed by atoms with E-state index in [4.69, 9.17) is 10.00 Å². The summed E-state index contributed by atoms with van der Waals surface area (Å²) in [5, 5.41) is 12.4. The van der Waals surface area contributed by atoms with Gasteiger partial charge in [-0.05, 0) is 30.3 Å². The van der Waals surface area contributed by atoms with Gasteiger partial charge in [0.25, 0.3) is 0 Å². The van der Waals surface area contributed by atoms with E-state index in [0.29, 0.717) is 18.1 Å². The van der Waals surface area contributed by atoms with E-state index in [2.05, 4.69) is 24.4 Å². The van der Waals surface area contributed by atoms with Gasteiger partial charge >= 0.3 is 0 Å². The highest BCUT2D eigenvalue weighted by molar-refractivity contribution is 5.51. The first-order chi connectivity index (χ1) is 9.78. The highest BCUT2D eigenvalue weighted by atomic mass is 16.5. The number of nitrogens with zero attached hydrogens (tertiary/aromatic N) is 1. The van der Waals surface area contributed by atoms with E-state index in [-0.39, 0.29) is 6.04 Å². The zero-order valence-corrected chi connectivity index (χ0v) is 11.3. The molecule has 1 aliphatic rings. The maximum absolute atomic E-state index is 8.84. The van der Waals surface area contributed by atoms with Gasteiger partial charge < -0.3 is 10.1 Å². The Balaban J connectivity index is 1.87. The minimum absolute atomic E-state index is 0.230. The van der Waals surface area contributed by atoms with E-state index >= 15 is 0 Å². The number of anilines is 1. The molecule has 3 rings (SSSR count). The van der Waals surface area contributed by atoms with Crippen LogP contribution in [0.1, 0.15) is 24.1 Å². The Hall–Kier alpha value is -2.47. The van der Waals surface area contributed by atoms with Crippen LogP contribution in [-0.2, 0) is 0 Å². The summed E-state index contributed by atoms with van der Waals surface area (Å²) in [6.45, 7) is 2.89. The average Bonchev–Trinajstić information content (AvgIpc) is 2.51. The van der Waals surface area contributed by atoms with Crippen LogP contribution in [0, 0.1) is 17.2 Å². The topological polar surface area (TPSA) is 45.0 Å². The molecule has 3 heteroatoms. The lowest BCUT2D eigenvalue weighted by Crippen LogP contribution is -2.28. The Morgan fingerprint density at radius 2 is 1.90 bits per heavy atom. The second-order valence-electron chi connectivity index (χ2n) is 5.14. The van der Waals surface area contributed by atoms with Gasteiger partial charge in [-0.15, -0.1) is 0 Å². The van der Waals surface area contributed by atoms with Crippen LogP contribution in [0.15, 0.2) is 48.5 Å². The molecule has 0 bridgehead atoms. The minimum Gasteiger partial charge on any atom is -0.493 e. The van der Waals surface area contributed by atoms with Crippen molar-refractivity contribution in [2.45, 2.75) is 13.0 Å². The highest BCUT2D eigenvalue weighted by Crippen LogP contribution is 2.37. The number of para-hydroxylation sites is 1. The van der Waals surface area contributed by atoms with E-state index < -0.39 is 0 Å². The molecule has 3 nitrogen and oxygen atoms in total. The molecule has 0 amide bonds. The van der Waals surface area contributed by atoms with E-state index in [1.165, 1.54) is 5.56 Å². The van der Waals surface area contributed by atoms with Crippen LogP contribution >= 0.6 is 0 Å². The average molecular weight is 264 g/mol. The summed E-state index contributed by atoms with van der Waals surface area (Å²) in [5.74, 6) is 1.34. The number of fused-ring (bicyclic) bond motifs is 1. The maximum atomic E-state index is 8.84. The van der Waals surface area contributed by atoms with Crippen LogP contribution in [0.2, 0.25) is 0 Å². The van der Waals surface area contributed by atoms with Crippen molar-refractivity contribution in [2.24, 2.45) is 5.92 Å². The zero-order chi connectivity index (χ0) is 13.9. The van der Waals surface area contributed by atoms with Gasteiger partial charge in [-0.2, -0.15) is 5.26 Å². The SMILES string of the molecule is CC1COc2ccccc2C1Nc1ccc(C#N)cc1. The lowest BCUT2D eigenvalue weighted by molar-refractivity contribution is 0.214. The molecule has 0 aliphatic carbocycles. The van der Waals surface area contributed by atoms with Crippen LogP contribution in [-0.4, -0.2) is 6.61 Å². The molecule has 2 atom stereocenters. The molecule has 0 spiro atoms. The van der Waals surface area contributed by atoms with Crippen molar-refractivity contribution in [3.05, 3.63) is 59.7 Å². The summed E-state index contributed by atoms with van der Waals surface area (Å²) in [4.78, 5) is 0. The Morgan fingerprint density at radius 3 is 2.65 bits per heavy atom. The number of nitrogens with one attached hydrogen (secondary N) is 1. The molecule has 2 unspecified atom stereocenters. The van der Waals surface area contributed by atoms with Gasteiger partial charge in [-0.1, -0.05) is 25.1 Å². The normalized spacial score (nSPS) is 20.4. The summed E-state index contributed by atoms with van der Waals surface area (Å²) in [5.41, 5.74) is 2.89. The molecule has 1 N–H and O–H groups in total. The van der Waals surface area contributed by atoms with Gasteiger partial charge in [-0.25, -0.2) is 0 Å². The molecule has 0 fully saturated rings. The fourth-order valence-electron chi connectivity index (χ4n) is 2.53. The molecule has 2 aromatic rings.